The van der Waals surface area contributed by atoms with Crippen molar-refractivity contribution in [2.75, 3.05) is 5.32 Å². The number of aryl methyl sites for hydroxylation is 1. The maximum Gasteiger partial charge on any atom is 0.328 e. The fourth-order valence-electron chi connectivity index (χ4n) is 1.08. The van der Waals surface area contributed by atoms with Crippen LogP contribution in [0.5, 0.6) is 5.75 Å². The van der Waals surface area contributed by atoms with E-state index in [0.717, 1.165) is 0 Å². The van der Waals surface area contributed by atoms with Crippen LogP contribution in [-0.2, 0) is 0 Å². The highest BCUT2D eigenvalue weighted by atomic mass is 16.5. The SMILES string of the molecule is Cc1noc(NC(=O)c2ncccc2O)n1. The molecule has 2 rings (SSSR count). The molecule has 0 aromatic carbocycles. The summed E-state index contributed by atoms with van der Waals surface area (Å²) in [5.74, 6) is -0.418. The van der Waals surface area contributed by atoms with Crippen molar-refractivity contribution < 1.29 is 14.4 Å². The van der Waals surface area contributed by atoms with Crippen LogP contribution in [-0.4, -0.2) is 26.1 Å². The van der Waals surface area contributed by atoms with Crippen LogP contribution < -0.4 is 5.32 Å². The molecule has 0 aliphatic carbocycles. The number of nitrogens with zero attached hydrogens (tertiary/aromatic N) is 3. The van der Waals surface area contributed by atoms with Gasteiger partial charge in [0.05, 0.1) is 0 Å². The van der Waals surface area contributed by atoms with Gasteiger partial charge in [-0.2, -0.15) is 4.98 Å². The van der Waals surface area contributed by atoms with Crippen molar-refractivity contribution in [1.29, 1.82) is 0 Å². The zero-order valence-electron chi connectivity index (χ0n) is 8.34. The molecule has 7 nitrogen and oxygen atoms in total. The molecule has 2 aromatic heterocycles. The number of hydrogen-bond acceptors (Lipinski definition) is 6. The first-order valence-corrected chi connectivity index (χ1v) is 4.42. The first kappa shape index (κ1) is 10.1. The number of carbonyl (C=O) groups is 1. The largest absolute Gasteiger partial charge is 0.505 e. The predicted octanol–water partition coefficient (Wildman–Crippen LogP) is 0.731. The number of rotatable bonds is 2. The lowest BCUT2D eigenvalue weighted by molar-refractivity contribution is 0.101. The highest BCUT2D eigenvalue weighted by Gasteiger charge is 2.14. The topological polar surface area (TPSA) is 101 Å². The van der Waals surface area contributed by atoms with Crippen molar-refractivity contribution in [2.45, 2.75) is 6.92 Å². The van der Waals surface area contributed by atoms with Crippen molar-refractivity contribution in [2.24, 2.45) is 0 Å². The van der Waals surface area contributed by atoms with Crippen LogP contribution in [0.2, 0.25) is 0 Å². The first-order chi connectivity index (χ1) is 7.66. The standard InChI is InChI=1S/C9H8N4O3/c1-5-11-9(16-13-5)12-8(15)7-6(14)3-2-4-10-7/h2-4,14H,1H3,(H,11,12,13,15). The molecular formula is C9H8N4O3. The Hall–Kier alpha value is -2.44. The van der Waals surface area contributed by atoms with Crippen LogP contribution in [0.1, 0.15) is 16.3 Å². The number of nitrogens with one attached hydrogen (secondary N) is 1. The van der Waals surface area contributed by atoms with E-state index in [-0.39, 0.29) is 17.5 Å². The second kappa shape index (κ2) is 3.97. The summed E-state index contributed by atoms with van der Waals surface area (Å²) in [5.41, 5.74) is -0.0987. The predicted molar refractivity (Wildman–Crippen MR) is 52.9 cm³/mol. The second-order valence-corrected chi connectivity index (χ2v) is 2.97. The molecule has 0 aliphatic heterocycles. The van der Waals surface area contributed by atoms with E-state index in [1.165, 1.54) is 18.3 Å². The van der Waals surface area contributed by atoms with Crippen LogP contribution in [0.4, 0.5) is 6.01 Å². The van der Waals surface area contributed by atoms with Crippen LogP contribution in [0.25, 0.3) is 0 Å². The summed E-state index contributed by atoms with van der Waals surface area (Å²) in [6.45, 7) is 1.62. The minimum Gasteiger partial charge on any atom is -0.505 e. The van der Waals surface area contributed by atoms with Gasteiger partial charge in [0.15, 0.2) is 11.5 Å². The van der Waals surface area contributed by atoms with Gasteiger partial charge in [-0.3, -0.25) is 10.1 Å². The number of hydrogen-bond donors (Lipinski definition) is 2. The molecule has 0 saturated carbocycles. The molecule has 0 saturated heterocycles. The third-order valence-corrected chi connectivity index (χ3v) is 1.75. The Morgan fingerprint density at radius 1 is 1.56 bits per heavy atom. The molecule has 0 fully saturated rings. The van der Waals surface area contributed by atoms with E-state index < -0.39 is 5.91 Å². The van der Waals surface area contributed by atoms with E-state index >= 15 is 0 Å². The van der Waals surface area contributed by atoms with E-state index in [2.05, 4.69) is 20.4 Å². The Morgan fingerprint density at radius 2 is 2.38 bits per heavy atom. The van der Waals surface area contributed by atoms with Gasteiger partial charge in [0.25, 0.3) is 5.91 Å². The molecule has 82 valence electrons. The zero-order chi connectivity index (χ0) is 11.5. The number of aromatic nitrogens is 3. The fraction of sp³-hybridized carbons (Fsp3) is 0.111. The number of carbonyl (C=O) groups excluding carboxylic acids is 1. The van der Waals surface area contributed by atoms with Crippen molar-refractivity contribution in [1.82, 2.24) is 15.1 Å². The number of pyridine rings is 1. The van der Waals surface area contributed by atoms with Crippen molar-refractivity contribution >= 4 is 11.9 Å². The van der Waals surface area contributed by atoms with Gasteiger partial charge in [0.1, 0.15) is 5.75 Å². The maximum absolute atomic E-state index is 11.6. The van der Waals surface area contributed by atoms with Gasteiger partial charge in [-0.15, -0.1) is 0 Å². The van der Waals surface area contributed by atoms with Crippen LogP contribution in [0.3, 0.4) is 0 Å². The third-order valence-electron chi connectivity index (χ3n) is 1.75. The monoisotopic (exact) mass is 220 g/mol. The molecule has 2 heterocycles. The van der Waals surface area contributed by atoms with E-state index in [9.17, 15) is 9.90 Å². The van der Waals surface area contributed by atoms with Gasteiger partial charge in [-0.1, -0.05) is 5.16 Å². The summed E-state index contributed by atoms with van der Waals surface area (Å²) >= 11 is 0. The van der Waals surface area contributed by atoms with Crippen molar-refractivity contribution in [3.63, 3.8) is 0 Å². The molecule has 2 N–H and O–H groups in total. The number of anilines is 1. The highest BCUT2D eigenvalue weighted by Crippen LogP contribution is 2.14. The maximum atomic E-state index is 11.6. The number of amides is 1. The van der Waals surface area contributed by atoms with E-state index in [4.69, 9.17) is 4.52 Å². The normalized spacial score (nSPS) is 10.1. The Bertz CT molecular complexity index is 523. The van der Waals surface area contributed by atoms with Gasteiger partial charge >= 0.3 is 6.01 Å². The quantitative estimate of drug-likeness (QED) is 0.773. The lowest BCUT2D eigenvalue weighted by Crippen LogP contribution is -2.13. The van der Waals surface area contributed by atoms with E-state index in [0.29, 0.717) is 5.82 Å². The van der Waals surface area contributed by atoms with E-state index in [1.807, 2.05) is 0 Å². The molecule has 16 heavy (non-hydrogen) atoms. The Kier molecular flexibility index (Phi) is 2.50. The third kappa shape index (κ3) is 1.97. The smallest absolute Gasteiger partial charge is 0.328 e. The summed E-state index contributed by atoms with van der Waals surface area (Å²) in [4.78, 5) is 19.1. The summed E-state index contributed by atoms with van der Waals surface area (Å²) in [6, 6.07) is 2.84. The molecule has 0 radical (unpaired) electrons. The lowest BCUT2D eigenvalue weighted by atomic mass is 10.3. The molecule has 0 aliphatic rings. The molecule has 7 heteroatoms. The number of aromatic hydroxyl groups is 1. The van der Waals surface area contributed by atoms with Crippen LogP contribution >= 0.6 is 0 Å². The molecule has 0 atom stereocenters. The van der Waals surface area contributed by atoms with Gasteiger partial charge in [-0.25, -0.2) is 4.98 Å². The molecule has 0 spiro atoms. The van der Waals surface area contributed by atoms with Crippen LogP contribution in [0.15, 0.2) is 22.9 Å². The first-order valence-electron chi connectivity index (χ1n) is 4.42. The molecule has 0 bridgehead atoms. The minimum atomic E-state index is -0.609. The summed E-state index contributed by atoms with van der Waals surface area (Å²) in [6.07, 6.45) is 1.40. The molecule has 1 amide bonds. The van der Waals surface area contributed by atoms with Crippen molar-refractivity contribution in [3.8, 4) is 5.75 Å². The Morgan fingerprint density at radius 3 is 3.00 bits per heavy atom. The van der Waals surface area contributed by atoms with Crippen LogP contribution in [0, 0.1) is 6.92 Å². The molecule has 0 unspecified atom stereocenters. The average molecular weight is 220 g/mol. The van der Waals surface area contributed by atoms with Gasteiger partial charge < -0.3 is 9.63 Å². The van der Waals surface area contributed by atoms with Gasteiger partial charge in [0, 0.05) is 6.20 Å². The van der Waals surface area contributed by atoms with E-state index in [1.54, 1.807) is 6.92 Å². The molecule has 2 aromatic rings. The van der Waals surface area contributed by atoms with Gasteiger partial charge in [0.2, 0.25) is 0 Å². The zero-order valence-corrected chi connectivity index (χ0v) is 8.34. The fourth-order valence-corrected chi connectivity index (χ4v) is 1.08. The van der Waals surface area contributed by atoms with Gasteiger partial charge in [-0.05, 0) is 19.1 Å². The Balaban J connectivity index is 2.18. The lowest BCUT2D eigenvalue weighted by Gasteiger charge is -2.00. The van der Waals surface area contributed by atoms with Crippen molar-refractivity contribution in [3.05, 3.63) is 29.8 Å². The minimum absolute atomic E-state index is 0.0347. The average Bonchev–Trinajstić information content (AvgIpc) is 2.64. The molecular weight excluding hydrogens is 212 g/mol. The highest BCUT2D eigenvalue weighted by molar-refractivity contribution is 6.03. The summed E-state index contributed by atoms with van der Waals surface area (Å²) in [7, 11) is 0. The summed E-state index contributed by atoms with van der Waals surface area (Å²) < 4.78 is 4.69. The summed E-state index contributed by atoms with van der Waals surface area (Å²) in [5, 5.41) is 15.2. The second-order valence-electron chi connectivity index (χ2n) is 2.97. The Labute approximate surface area is 90.1 Å².